The normalized spacial score (nSPS) is 26.9. The first-order valence-corrected chi connectivity index (χ1v) is 9.11. The monoisotopic (exact) mass is 330 g/mol. The summed E-state index contributed by atoms with van der Waals surface area (Å²) < 4.78 is 10.7. The molecule has 1 amide bonds. The number of rotatable bonds is 4. The maximum atomic E-state index is 12.8. The van der Waals surface area contributed by atoms with Gasteiger partial charge in [0.1, 0.15) is 0 Å². The number of ether oxygens (including phenoxy) is 2. The highest BCUT2D eigenvalue weighted by Gasteiger charge is 2.47. The number of carbonyl (C=O) groups is 1. The minimum absolute atomic E-state index is 0.0865. The first kappa shape index (κ1) is 15.8. The molecule has 1 N–H and O–H groups in total. The Morgan fingerprint density at radius 1 is 1.25 bits per heavy atom. The van der Waals surface area contributed by atoms with Gasteiger partial charge in [0.15, 0.2) is 11.5 Å². The van der Waals surface area contributed by atoms with Gasteiger partial charge < -0.3 is 14.8 Å². The third-order valence-corrected chi connectivity index (χ3v) is 5.89. The molecule has 5 nitrogen and oxygen atoms in total. The van der Waals surface area contributed by atoms with Gasteiger partial charge >= 0.3 is 0 Å². The van der Waals surface area contributed by atoms with E-state index in [0.717, 1.165) is 36.9 Å². The van der Waals surface area contributed by atoms with Gasteiger partial charge in [0.25, 0.3) is 0 Å². The van der Waals surface area contributed by atoms with Crippen LogP contribution in [0, 0.1) is 5.92 Å². The van der Waals surface area contributed by atoms with Crippen molar-refractivity contribution in [2.75, 3.05) is 25.2 Å². The van der Waals surface area contributed by atoms with Gasteiger partial charge in [-0.1, -0.05) is 19.3 Å². The summed E-state index contributed by atoms with van der Waals surface area (Å²) in [4.78, 5) is 15.2. The first-order valence-electron chi connectivity index (χ1n) is 9.11. The van der Waals surface area contributed by atoms with Crippen molar-refractivity contribution in [3.8, 4) is 11.5 Å². The van der Waals surface area contributed by atoms with Crippen molar-refractivity contribution in [3.63, 3.8) is 0 Å². The number of hydrogen-bond donors (Lipinski definition) is 1. The van der Waals surface area contributed by atoms with E-state index in [-0.39, 0.29) is 18.2 Å². The second-order valence-electron chi connectivity index (χ2n) is 7.50. The highest BCUT2D eigenvalue weighted by molar-refractivity contribution is 5.98. The molecular weight excluding hydrogens is 304 g/mol. The summed E-state index contributed by atoms with van der Waals surface area (Å²) in [7, 11) is 0. The lowest BCUT2D eigenvalue weighted by molar-refractivity contribution is -0.136. The standard InChI is InChI=1S/C19H26N2O3/c1-19(9-10-21(19)12-14-5-3-2-4-6-14)18(22)20-15-7-8-16-17(11-15)24-13-23-16/h7-8,11,14H,2-6,9-10,12-13H2,1H3,(H,20,22). The predicted molar refractivity (Wildman–Crippen MR) is 92.4 cm³/mol. The van der Waals surface area contributed by atoms with E-state index in [1.54, 1.807) is 0 Å². The van der Waals surface area contributed by atoms with Crippen LogP contribution in [0.1, 0.15) is 45.4 Å². The molecule has 2 fully saturated rings. The number of nitrogens with zero attached hydrogens (tertiary/aromatic N) is 1. The van der Waals surface area contributed by atoms with Gasteiger partial charge in [-0.3, -0.25) is 9.69 Å². The van der Waals surface area contributed by atoms with E-state index in [9.17, 15) is 4.79 Å². The molecule has 2 aliphatic heterocycles. The maximum absolute atomic E-state index is 12.8. The third-order valence-electron chi connectivity index (χ3n) is 5.89. The molecule has 1 aromatic rings. The topological polar surface area (TPSA) is 50.8 Å². The summed E-state index contributed by atoms with van der Waals surface area (Å²) in [6.45, 7) is 4.41. The average Bonchev–Trinajstić information content (AvgIpc) is 3.06. The Balaban J connectivity index is 1.39. The average molecular weight is 330 g/mol. The molecule has 130 valence electrons. The van der Waals surface area contributed by atoms with E-state index < -0.39 is 0 Å². The number of fused-ring (bicyclic) bond motifs is 1. The van der Waals surface area contributed by atoms with Gasteiger partial charge in [0, 0.05) is 24.8 Å². The number of likely N-dealkylation sites (tertiary alicyclic amines) is 1. The number of benzene rings is 1. The number of carbonyl (C=O) groups excluding carboxylic acids is 1. The number of nitrogens with one attached hydrogen (secondary N) is 1. The molecule has 24 heavy (non-hydrogen) atoms. The molecule has 0 radical (unpaired) electrons. The Labute approximate surface area is 143 Å². The predicted octanol–water partition coefficient (Wildman–Crippen LogP) is 3.40. The Bertz CT molecular complexity index is 627. The largest absolute Gasteiger partial charge is 0.454 e. The molecule has 2 heterocycles. The minimum Gasteiger partial charge on any atom is -0.454 e. The smallest absolute Gasteiger partial charge is 0.244 e. The molecule has 3 aliphatic rings. The number of hydrogen-bond acceptors (Lipinski definition) is 4. The maximum Gasteiger partial charge on any atom is 0.244 e. The van der Waals surface area contributed by atoms with E-state index in [4.69, 9.17) is 9.47 Å². The molecular formula is C19H26N2O3. The fraction of sp³-hybridized carbons (Fsp3) is 0.632. The minimum atomic E-state index is -0.381. The van der Waals surface area contributed by atoms with E-state index >= 15 is 0 Å². The number of anilines is 1. The van der Waals surface area contributed by atoms with Gasteiger partial charge in [-0.2, -0.15) is 0 Å². The zero-order valence-corrected chi connectivity index (χ0v) is 14.3. The Hall–Kier alpha value is -1.75. The molecule has 1 aliphatic carbocycles. The first-order chi connectivity index (χ1) is 11.6. The third kappa shape index (κ3) is 2.86. The van der Waals surface area contributed by atoms with Crippen molar-refractivity contribution >= 4 is 11.6 Å². The lowest BCUT2D eigenvalue weighted by atomic mass is 9.81. The van der Waals surface area contributed by atoms with E-state index in [0.29, 0.717) is 5.75 Å². The van der Waals surface area contributed by atoms with Gasteiger partial charge in [-0.05, 0) is 44.2 Å². The SMILES string of the molecule is CC1(C(=O)Nc2ccc3c(c2)OCO3)CCN1CC1CCCCC1. The quantitative estimate of drug-likeness (QED) is 0.919. The van der Waals surface area contributed by atoms with Crippen molar-refractivity contribution in [2.24, 2.45) is 5.92 Å². The van der Waals surface area contributed by atoms with Crippen LogP contribution in [0.2, 0.25) is 0 Å². The van der Waals surface area contributed by atoms with Crippen LogP contribution in [0.4, 0.5) is 5.69 Å². The molecule has 1 saturated heterocycles. The molecule has 0 aromatic heterocycles. The van der Waals surface area contributed by atoms with E-state index in [1.165, 1.54) is 32.1 Å². The second kappa shape index (κ2) is 6.28. The molecule has 4 rings (SSSR count). The van der Waals surface area contributed by atoms with E-state index in [1.807, 2.05) is 18.2 Å². The van der Waals surface area contributed by atoms with Gasteiger partial charge in [0.05, 0.1) is 5.54 Å². The van der Waals surface area contributed by atoms with Crippen molar-refractivity contribution in [3.05, 3.63) is 18.2 Å². The lowest BCUT2D eigenvalue weighted by Gasteiger charge is -2.50. The van der Waals surface area contributed by atoms with Gasteiger partial charge in [0.2, 0.25) is 12.7 Å². The Morgan fingerprint density at radius 2 is 2.04 bits per heavy atom. The van der Waals surface area contributed by atoms with Crippen molar-refractivity contribution < 1.29 is 14.3 Å². The summed E-state index contributed by atoms with van der Waals surface area (Å²) in [5.41, 5.74) is 0.392. The van der Waals surface area contributed by atoms with Crippen LogP contribution < -0.4 is 14.8 Å². The summed E-state index contributed by atoms with van der Waals surface area (Å²) in [5.74, 6) is 2.28. The zero-order chi connectivity index (χ0) is 16.6. The fourth-order valence-corrected chi connectivity index (χ4v) is 4.08. The molecule has 0 spiro atoms. The highest BCUT2D eigenvalue weighted by atomic mass is 16.7. The molecule has 1 aromatic carbocycles. The summed E-state index contributed by atoms with van der Waals surface area (Å²) in [5, 5.41) is 3.07. The van der Waals surface area contributed by atoms with Crippen molar-refractivity contribution in [2.45, 2.75) is 51.0 Å². The molecule has 1 atom stereocenters. The van der Waals surface area contributed by atoms with E-state index in [2.05, 4.69) is 17.1 Å². The van der Waals surface area contributed by atoms with Crippen LogP contribution in [0.25, 0.3) is 0 Å². The van der Waals surface area contributed by atoms with Crippen LogP contribution in [-0.2, 0) is 4.79 Å². The fourth-order valence-electron chi connectivity index (χ4n) is 4.08. The molecule has 1 saturated carbocycles. The van der Waals surface area contributed by atoms with Crippen LogP contribution in [-0.4, -0.2) is 36.2 Å². The highest BCUT2D eigenvalue weighted by Crippen LogP contribution is 2.37. The molecule has 1 unspecified atom stereocenters. The molecule has 5 heteroatoms. The van der Waals surface area contributed by atoms with Gasteiger partial charge in [-0.15, -0.1) is 0 Å². The summed E-state index contributed by atoms with van der Waals surface area (Å²) >= 11 is 0. The Morgan fingerprint density at radius 3 is 2.79 bits per heavy atom. The van der Waals surface area contributed by atoms with Crippen LogP contribution in [0.3, 0.4) is 0 Å². The summed E-state index contributed by atoms with van der Waals surface area (Å²) in [6, 6.07) is 5.56. The Kier molecular flexibility index (Phi) is 4.12. The van der Waals surface area contributed by atoms with Crippen LogP contribution in [0.15, 0.2) is 18.2 Å². The van der Waals surface area contributed by atoms with Crippen molar-refractivity contribution in [1.82, 2.24) is 4.90 Å². The second-order valence-corrected chi connectivity index (χ2v) is 7.50. The van der Waals surface area contributed by atoms with Crippen LogP contribution >= 0.6 is 0 Å². The van der Waals surface area contributed by atoms with Crippen LogP contribution in [0.5, 0.6) is 11.5 Å². The molecule has 0 bridgehead atoms. The number of amides is 1. The van der Waals surface area contributed by atoms with Crippen molar-refractivity contribution in [1.29, 1.82) is 0 Å². The lowest BCUT2D eigenvalue weighted by Crippen LogP contribution is -2.65. The summed E-state index contributed by atoms with van der Waals surface area (Å²) in [6.07, 6.45) is 7.62. The van der Waals surface area contributed by atoms with Gasteiger partial charge in [-0.25, -0.2) is 0 Å². The zero-order valence-electron chi connectivity index (χ0n) is 14.3.